The maximum Gasteiger partial charge on any atom is 0.144 e. The minimum Gasteiger partial charge on any atom is -0.497 e. The van der Waals surface area contributed by atoms with Crippen LogP contribution in [-0.4, -0.2) is 19.1 Å². The minimum atomic E-state index is 0.542. The Morgan fingerprint density at radius 3 is 2.81 bits per heavy atom. The number of fused-ring (bicyclic) bond motifs is 1. The Morgan fingerprint density at radius 2 is 2.19 bits per heavy atom. The van der Waals surface area contributed by atoms with E-state index in [1.165, 1.54) is 0 Å². The fourth-order valence-electron chi connectivity index (χ4n) is 1.55. The molecule has 0 unspecified atom stereocenters. The van der Waals surface area contributed by atoms with Gasteiger partial charge < -0.3 is 10.1 Å². The molecule has 1 aromatic carbocycles. The summed E-state index contributed by atoms with van der Waals surface area (Å²) in [5, 5.41) is 12.8. The highest BCUT2D eigenvalue weighted by atomic mass is 16.5. The number of hydrogen-bond donors (Lipinski definition) is 1. The fourth-order valence-corrected chi connectivity index (χ4v) is 1.55. The van der Waals surface area contributed by atoms with Gasteiger partial charge in [0.1, 0.15) is 17.6 Å². The lowest BCUT2D eigenvalue weighted by atomic mass is 10.1. The molecule has 1 N–H and O–H groups in total. The van der Waals surface area contributed by atoms with Crippen molar-refractivity contribution in [3.8, 4) is 11.8 Å². The van der Waals surface area contributed by atoms with Gasteiger partial charge in [-0.15, -0.1) is 0 Å². The van der Waals surface area contributed by atoms with Crippen LogP contribution in [0.5, 0.6) is 5.75 Å². The molecule has 2 aromatic rings. The molecule has 0 aliphatic rings. The van der Waals surface area contributed by atoms with Crippen LogP contribution in [0.2, 0.25) is 0 Å². The van der Waals surface area contributed by atoms with Crippen LogP contribution in [0, 0.1) is 11.3 Å². The molecule has 2 rings (SSSR count). The molecule has 0 bridgehead atoms. The first-order valence-electron chi connectivity index (χ1n) is 4.85. The number of methoxy groups -OCH3 is 1. The summed E-state index contributed by atoms with van der Waals surface area (Å²) in [5.41, 5.74) is 1.35. The SMILES string of the molecule is CNc1nc2cc(OC)ccc2cc1C#N. The first-order chi connectivity index (χ1) is 7.78. The minimum absolute atomic E-state index is 0.542. The van der Waals surface area contributed by atoms with Crippen LogP contribution in [0.25, 0.3) is 10.9 Å². The Hall–Kier alpha value is -2.28. The second-order valence-electron chi connectivity index (χ2n) is 3.30. The van der Waals surface area contributed by atoms with Gasteiger partial charge in [0.2, 0.25) is 0 Å². The molecule has 0 aliphatic carbocycles. The number of nitrogens with one attached hydrogen (secondary N) is 1. The van der Waals surface area contributed by atoms with Gasteiger partial charge >= 0.3 is 0 Å². The smallest absolute Gasteiger partial charge is 0.144 e. The van der Waals surface area contributed by atoms with Crippen LogP contribution in [0.4, 0.5) is 5.82 Å². The van der Waals surface area contributed by atoms with E-state index in [0.29, 0.717) is 11.4 Å². The topological polar surface area (TPSA) is 57.9 Å². The third-order valence-corrected chi connectivity index (χ3v) is 2.38. The van der Waals surface area contributed by atoms with Gasteiger partial charge in [0.25, 0.3) is 0 Å². The van der Waals surface area contributed by atoms with Gasteiger partial charge in [-0.25, -0.2) is 4.98 Å². The lowest BCUT2D eigenvalue weighted by molar-refractivity contribution is 0.415. The van der Waals surface area contributed by atoms with Gasteiger partial charge in [-0.05, 0) is 18.2 Å². The summed E-state index contributed by atoms with van der Waals surface area (Å²) >= 11 is 0. The highest BCUT2D eigenvalue weighted by Crippen LogP contribution is 2.23. The molecule has 0 amide bonds. The van der Waals surface area contributed by atoms with Crippen LogP contribution < -0.4 is 10.1 Å². The molecule has 0 atom stereocenters. The number of hydrogen-bond acceptors (Lipinski definition) is 4. The third-order valence-electron chi connectivity index (χ3n) is 2.38. The van der Waals surface area contributed by atoms with Gasteiger partial charge in [0.15, 0.2) is 0 Å². The summed E-state index contributed by atoms with van der Waals surface area (Å²) in [6.45, 7) is 0. The summed E-state index contributed by atoms with van der Waals surface area (Å²) in [4.78, 5) is 4.36. The second-order valence-corrected chi connectivity index (χ2v) is 3.30. The van der Waals surface area contributed by atoms with Crippen LogP contribution in [-0.2, 0) is 0 Å². The maximum absolute atomic E-state index is 8.96. The average molecular weight is 213 g/mol. The molecule has 1 heterocycles. The van der Waals surface area contributed by atoms with Gasteiger partial charge in [-0.3, -0.25) is 0 Å². The zero-order chi connectivity index (χ0) is 11.5. The molecule has 0 saturated carbocycles. The van der Waals surface area contributed by atoms with E-state index < -0.39 is 0 Å². The Kier molecular flexibility index (Phi) is 2.61. The molecule has 0 spiro atoms. The highest BCUT2D eigenvalue weighted by molar-refractivity contribution is 5.84. The number of pyridine rings is 1. The summed E-state index contributed by atoms with van der Waals surface area (Å²) in [7, 11) is 3.36. The zero-order valence-corrected chi connectivity index (χ0v) is 9.11. The molecular formula is C12H11N3O. The van der Waals surface area contributed by atoms with Crippen LogP contribution in [0.1, 0.15) is 5.56 Å². The van der Waals surface area contributed by atoms with Gasteiger partial charge in [-0.1, -0.05) is 0 Å². The first kappa shape index (κ1) is 10.2. The molecule has 0 radical (unpaired) electrons. The monoisotopic (exact) mass is 213 g/mol. The summed E-state index contributed by atoms with van der Waals surface area (Å²) in [6.07, 6.45) is 0. The van der Waals surface area contributed by atoms with E-state index in [9.17, 15) is 0 Å². The van der Waals surface area contributed by atoms with E-state index in [2.05, 4.69) is 16.4 Å². The number of benzene rings is 1. The van der Waals surface area contributed by atoms with Gasteiger partial charge in [-0.2, -0.15) is 5.26 Å². The number of ether oxygens (including phenoxy) is 1. The predicted octanol–water partition coefficient (Wildman–Crippen LogP) is 2.16. The largest absolute Gasteiger partial charge is 0.497 e. The van der Waals surface area contributed by atoms with Crippen molar-refractivity contribution in [2.75, 3.05) is 19.5 Å². The molecule has 0 aliphatic heterocycles. The lowest BCUT2D eigenvalue weighted by Crippen LogP contribution is -1.96. The molecule has 0 saturated heterocycles. The standard InChI is InChI=1S/C12H11N3O/c1-14-12-9(7-13)5-8-3-4-10(16-2)6-11(8)15-12/h3-6H,1-2H3,(H,14,15). The highest BCUT2D eigenvalue weighted by Gasteiger charge is 2.05. The normalized spacial score (nSPS) is 9.81. The molecule has 4 heteroatoms. The quantitative estimate of drug-likeness (QED) is 0.830. The average Bonchev–Trinajstić information content (AvgIpc) is 2.36. The van der Waals surface area contributed by atoms with E-state index in [-0.39, 0.29) is 0 Å². The van der Waals surface area contributed by atoms with Crippen molar-refractivity contribution in [2.24, 2.45) is 0 Å². The van der Waals surface area contributed by atoms with Gasteiger partial charge in [0.05, 0.1) is 18.2 Å². The summed E-state index contributed by atoms with van der Waals surface area (Å²) in [5.74, 6) is 1.34. The molecule has 16 heavy (non-hydrogen) atoms. The second kappa shape index (κ2) is 4.07. The number of anilines is 1. The van der Waals surface area contributed by atoms with Crippen molar-refractivity contribution < 1.29 is 4.74 Å². The fraction of sp³-hybridized carbons (Fsp3) is 0.167. The molecule has 1 aromatic heterocycles. The van der Waals surface area contributed by atoms with Crippen molar-refractivity contribution in [1.82, 2.24) is 4.98 Å². The van der Waals surface area contributed by atoms with Crippen molar-refractivity contribution >= 4 is 16.7 Å². The summed E-state index contributed by atoms with van der Waals surface area (Å²) < 4.78 is 5.13. The molecular weight excluding hydrogens is 202 g/mol. The van der Waals surface area contributed by atoms with E-state index >= 15 is 0 Å². The number of rotatable bonds is 2. The summed E-state index contributed by atoms with van der Waals surface area (Å²) in [6, 6.07) is 9.51. The predicted molar refractivity (Wildman–Crippen MR) is 62.6 cm³/mol. The van der Waals surface area contributed by atoms with Crippen LogP contribution in [0.3, 0.4) is 0 Å². The van der Waals surface area contributed by atoms with Crippen LogP contribution >= 0.6 is 0 Å². The van der Waals surface area contributed by atoms with E-state index in [1.54, 1.807) is 14.2 Å². The maximum atomic E-state index is 8.96. The van der Waals surface area contributed by atoms with E-state index in [4.69, 9.17) is 10.00 Å². The van der Waals surface area contributed by atoms with Crippen molar-refractivity contribution in [3.63, 3.8) is 0 Å². The van der Waals surface area contributed by atoms with Crippen molar-refractivity contribution in [2.45, 2.75) is 0 Å². The van der Waals surface area contributed by atoms with E-state index in [0.717, 1.165) is 16.7 Å². The Labute approximate surface area is 93.5 Å². The Bertz CT molecular complexity index is 572. The molecule has 4 nitrogen and oxygen atoms in total. The molecule has 80 valence electrons. The van der Waals surface area contributed by atoms with Crippen molar-refractivity contribution in [1.29, 1.82) is 5.26 Å². The zero-order valence-electron chi connectivity index (χ0n) is 9.11. The Balaban J connectivity index is 2.69. The lowest BCUT2D eigenvalue weighted by Gasteiger charge is -2.06. The Morgan fingerprint density at radius 1 is 1.38 bits per heavy atom. The third kappa shape index (κ3) is 1.63. The number of nitriles is 1. The number of aromatic nitrogens is 1. The van der Waals surface area contributed by atoms with Crippen molar-refractivity contribution in [3.05, 3.63) is 29.8 Å². The van der Waals surface area contributed by atoms with E-state index in [1.807, 2.05) is 24.3 Å². The van der Waals surface area contributed by atoms with Crippen LogP contribution in [0.15, 0.2) is 24.3 Å². The number of nitrogens with zero attached hydrogens (tertiary/aromatic N) is 2. The van der Waals surface area contributed by atoms with Gasteiger partial charge in [0, 0.05) is 18.5 Å². The molecule has 0 fully saturated rings. The first-order valence-corrected chi connectivity index (χ1v) is 4.85.